The molecule has 27 heavy (non-hydrogen) atoms. The summed E-state index contributed by atoms with van der Waals surface area (Å²) >= 11 is 0. The summed E-state index contributed by atoms with van der Waals surface area (Å²) in [7, 11) is -3.80. The number of nitriles is 1. The van der Waals surface area contributed by atoms with Gasteiger partial charge in [-0.15, -0.1) is 0 Å². The van der Waals surface area contributed by atoms with Crippen molar-refractivity contribution < 1.29 is 13.2 Å². The number of nitrogens with zero attached hydrogens (tertiary/aromatic N) is 2. The van der Waals surface area contributed by atoms with Gasteiger partial charge in [0, 0.05) is 18.7 Å². The van der Waals surface area contributed by atoms with Gasteiger partial charge in [0.25, 0.3) is 15.9 Å². The van der Waals surface area contributed by atoms with E-state index in [1.54, 1.807) is 30.3 Å². The van der Waals surface area contributed by atoms with Crippen LogP contribution >= 0.6 is 0 Å². The fourth-order valence-corrected chi connectivity index (χ4v) is 4.09. The van der Waals surface area contributed by atoms with E-state index >= 15 is 0 Å². The Morgan fingerprint density at radius 2 is 1.81 bits per heavy atom. The van der Waals surface area contributed by atoms with Gasteiger partial charge < -0.3 is 4.90 Å². The number of sulfonamides is 1. The highest BCUT2D eigenvalue weighted by atomic mass is 32.2. The molecule has 2 aromatic carbocycles. The Hall–Kier alpha value is -2.85. The van der Waals surface area contributed by atoms with Crippen LogP contribution in [0.4, 0.5) is 5.69 Å². The van der Waals surface area contributed by atoms with Gasteiger partial charge in [-0.2, -0.15) is 5.26 Å². The van der Waals surface area contributed by atoms with E-state index in [2.05, 4.69) is 11.6 Å². The van der Waals surface area contributed by atoms with Crippen molar-refractivity contribution in [2.24, 2.45) is 5.92 Å². The molecule has 6 nitrogen and oxygen atoms in total. The van der Waals surface area contributed by atoms with Gasteiger partial charge in [-0.25, -0.2) is 8.42 Å². The molecule has 0 aromatic heterocycles. The van der Waals surface area contributed by atoms with Crippen molar-refractivity contribution in [1.82, 2.24) is 4.90 Å². The maximum atomic E-state index is 12.6. The highest BCUT2D eigenvalue weighted by molar-refractivity contribution is 7.92. The zero-order valence-corrected chi connectivity index (χ0v) is 15.9. The first kappa shape index (κ1) is 18.9. The molecule has 140 valence electrons. The van der Waals surface area contributed by atoms with Crippen molar-refractivity contribution in [2.45, 2.75) is 24.7 Å². The third-order valence-electron chi connectivity index (χ3n) is 4.73. The zero-order valence-electron chi connectivity index (χ0n) is 15.1. The average Bonchev–Trinajstić information content (AvgIpc) is 2.68. The predicted octanol–water partition coefficient (Wildman–Crippen LogP) is 3.23. The number of likely N-dealkylation sites (tertiary alicyclic amines) is 1. The Bertz CT molecular complexity index is 970. The smallest absolute Gasteiger partial charge is 0.261 e. The summed E-state index contributed by atoms with van der Waals surface area (Å²) in [6.07, 6.45) is 1.98. The van der Waals surface area contributed by atoms with Crippen molar-refractivity contribution in [2.75, 3.05) is 17.8 Å². The minimum Gasteiger partial charge on any atom is -0.339 e. The molecule has 1 aliphatic heterocycles. The number of benzene rings is 2. The first-order valence-corrected chi connectivity index (χ1v) is 10.3. The summed E-state index contributed by atoms with van der Waals surface area (Å²) in [6, 6.07) is 14.2. The first-order valence-electron chi connectivity index (χ1n) is 8.81. The highest BCUT2D eigenvalue weighted by Gasteiger charge is 2.22. The molecule has 7 heteroatoms. The fraction of sp³-hybridized carbons (Fsp3) is 0.300. The zero-order chi connectivity index (χ0) is 19.4. The van der Waals surface area contributed by atoms with Gasteiger partial charge in [-0.1, -0.05) is 13.0 Å². The summed E-state index contributed by atoms with van der Waals surface area (Å²) in [6.45, 7) is 3.65. The maximum absolute atomic E-state index is 12.6. The van der Waals surface area contributed by atoms with E-state index in [1.807, 2.05) is 11.0 Å². The van der Waals surface area contributed by atoms with E-state index in [9.17, 15) is 13.2 Å². The number of carbonyl (C=O) groups is 1. The summed E-state index contributed by atoms with van der Waals surface area (Å²) in [5.74, 6) is 0.563. The normalized spacial score (nSPS) is 15.2. The number of hydrogen-bond donors (Lipinski definition) is 1. The Balaban J connectivity index is 1.74. The van der Waals surface area contributed by atoms with Gasteiger partial charge in [0.15, 0.2) is 0 Å². The van der Waals surface area contributed by atoms with Crippen LogP contribution in [0.5, 0.6) is 0 Å². The molecule has 1 saturated heterocycles. The van der Waals surface area contributed by atoms with Crippen LogP contribution in [0.3, 0.4) is 0 Å². The van der Waals surface area contributed by atoms with E-state index in [0.717, 1.165) is 25.9 Å². The standard InChI is InChI=1S/C20H21N3O3S/c1-15-9-11-23(12-10-15)20(24)17-5-7-19(8-6-17)27(25,26)22-18-4-2-3-16(13-18)14-21/h2-8,13,15,22H,9-12H2,1H3. The fourth-order valence-electron chi connectivity index (χ4n) is 3.04. The van der Waals surface area contributed by atoms with E-state index < -0.39 is 10.0 Å². The van der Waals surface area contributed by atoms with Gasteiger partial charge >= 0.3 is 0 Å². The molecule has 3 rings (SSSR count). The lowest BCUT2D eigenvalue weighted by molar-refractivity contribution is 0.0697. The first-order chi connectivity index (χ1) is 12.9. The largest absolute Gasteiger partial charge is 0.339 e. The van der Waals surface area contributed by atoms with Crippen LogP contribution < -0.4 is 4.72 Å². The average molecular weight is 383 g/mol. The topological polar surface area (TPSA) is 90.3 Å². The predicted molar refractivity (Wildman–Crippen MR) is 103 cm³/mol. The summed E-state index contributed by atoms with van der Waals surface area (Å²) in [5, 5.41) is 8.92. The molecule has 1 fully saturated rings. The van der Waals surface area contributed by atoms with Gasteiger partial charge in [-0.3, -0.25) is 9.52 Å². The van der Waals surface area contributed by atoms with Gasteiger partial charge in [-0.05, 0) is 61.2 Å². The van der Waals surface area contributed by atoms with E-state index in [0.29, 0.717) is 22.7 Å². The molecule has 1 N–H and O–H groups in total. The van der Waals surface area contributed by atoms with Crippen LogP contribution in [0.2, 0.25) is 0 Å². The number of carbonyl (C=O) groups excluding carboxylic acids is 1. The van der Waals surface area contributed by atoms with Gasteiger partial charge in [0.1, 0.15) is 0 Å². The van der Waals surface area contributed by atoms with Crippen LogP contribution in [-0.4, -0.2) is 32.3 Å². The number of hydrogen-bond acceptors (Lipinski definition) is 4. The van der Waals surface area contributed by atoms with Crippen LogP contribution in [0.25, 0.3) is 0 Å². The molecule has 0 radical (unpaired) electrons. The quantitative estimate of drug-likeness (QED) is 0.878. The second-order valence-electron chi connectivity index (χ2n) is 6.80. The molecule has 0 atom stereocenters. The number of piperidine rings is 1. The summed E-state index contributed by atoms with van der Waals surface area (Å²) < 4.78 is 27.5. The Morgan fingerprint density at radius 1 is 1.15 bits per heavy atom. The minimum absolute atomic E-state index is 0.0636. The third-order valence-corrected chi connectivity index (χ3v) is 6.12. The molecule has 0 unspecified atom stereocenters. The lowest BCUT2D eigenvalue weighted by atomic mass is 9.98. The molecule has 0 spiro atoms. The van der Waals surface area contributed by atoms with Crippen molar-refractivity contribution in [3.8, 4) is 6.07 Å². The molecular formula is C20H21N3O3S. The van der Waals surface area contributed by atoms with Gasteiger partial charge in [0.05, 0.1) is 22.2 Å². The second-order valence-corrected chi connectivity index (χ2v) is 8.48. The molecule has 0 saturated carbocycles. The molecule has 1 aliphatic rings. The molecule has 0 aliphatic carbocycles. The van der Waals surface area contributed by atoms with Crippen molar-refractivity contribution in [1.29, 1.82) is 5.26 Å². The number of nitrogens with one attached hydrogen (secondary N) is 1. The molecule has 1 amide bonds. The second kappa shape index (κ2) is 7.80. The number of anilines is 1. The SMILES string of the molecule is CC1CCN(C(=O)c2ccc(S(=O)(=O)Nc3cccc(C#N)c3)cc2)CC1. The van der Waals surface area contributed by atoms with Crippen LogP contribution in [-0.2, 0) is 10.0 Å². The van der Waals surface area contributed by atoms with Gasteiger partial charge in [0.2, 0.25) is 0 Å². The van der Waals surface area contributed by atoms with Crippen molar-refractivity contribution in [3.63, 3.8) is 0 Å². The molecular weight excluding hydrogens is 362 g/mol. The number of rotatable bonds is 4. The third kappa shape index (κ3) is 4.47. The maximum Gasteiger partial charge on any atom is 0.261 e. The van der Waals surface area contributed by atoms with Crippen molar-refractivity contribution in [3.05, 3.63) is 59.7 Å². The van der Waals surface area contributed by atoms with Crippen molar-refractivity contribution >= 4 is 21.6 Å². The molecule has 2 aromatic rings. The molecule has 0 bridgehead atoms. The van der Waals surface area contributed by atoms with Crippen LogP contribution in [0.15, 0.2) is 53.4 Å². The Morgan fingerprint density at radius 3 is 2.44 bits per heavy atom. The van der Waals surface area contributed by atoms with E-state index in [1.165, 1.54) is 18.2 Å². The minimum atomic E-state index is -3.80. The van der Waals surface area contributed by atoms with E-state index in [-0.39, 0.29) is 10.8 Å². The Labute approximate surface area is 159 Å². The highest BCUT2D eigenvalue weighted by Crippen LogP contribution is 2.20. The summed E-state index contributed by atoms with van der Waals surface area (Å²) in [5.41, 5.74) is 1.17. The number of amides is 1. The molecule has 1 heterocycles. The Kier molecular flexibility index (Phi) is 5.47. The summed E-state index contributed by atoms with van der Waals surface area (Å²) in [4.78, 5) is 14.4. The van der Waals surface area contributed by atoms with E-state index in [4.69, 9.17) is 5.26 Å². The lowest BCUT2D eigenvalue weighted by Crippen LogP contribution is -2.37. The lowest BCUT2D eigenvalue weighted by Gasteiger charge is -2.30. The van der Waals surface area contributed by atoms with Crippen LogP contribution in [0.1, 0.15) is 35.7 Å². The van der Waals surface area contributed by atoms with Crippen LogP contribution in [0, 0.1) is 17.2 Å². The monoisotopic (exact) mass is 383 g/mol.